The van der Waals surface area contributed by atoms with Crippen LogP contribution in [0.2, 0.25) is 23.2 Å². The fourth-order valence-corrected chi connectivity index (χ4v) is 15.2. The smallest absolute Gasteiger partial charge is 0.261 e. The molecular formula is C48H64O6Si2. The number of ketones is 1. The molecule has 8 heteroatoms. The van der Waals surface area contributed by atoms with Crippen molar-refractivity contribution in [1.29, 1.82) is 0 Å². The highest BCUT2D eigenvalue weighted by Crippen LogP contribution is 2.37. The van der Waals surface area contributed by atoms with Crippen molar-refractivity contribution in [3.63, 3.8) is 0 Å². The first-order valence-corrected chi connectivity index (χ1v) is 24.8. The number of carbonyl (C=O) groups excluding carboxylic acids is 1. The molecule has 300 valence electrons. The zero-order valence-electron chi connectivity index (χ0n) is 34.7. The average molecular weight is 793 g/mol. The highest BCUT2D eigenvalue weighted by Gasteiger charge is 2.50. The average Bonchev–Trinajstić information content (AvgIpc) is 3.22. The summed E-state index contributed by atoms with van der Waals surface area (Å²) in [5, 5.41) is 14.2. The molecule has 0 aliphatic carbocycles. The molecule has 1 N–H and O–H groups in total. The van der Waals surface area contributed by atoms with Crippen LogP contribution >= 0.6 is 0 Å². The zero-order valence-corrected chi connectivity index (χ0v) is 36.7. The van der Waals surface area contributed by atoms with Crippen LogP contribution in [0.3, 0.4) is 0 Å². The van der Waals surface area contributed by atoms with Crippen LogP contribution in [0.25, 0.3) is 0 Å². The van der Waals surface area contributed by atoms with Crippen LogP contribution in [0.4, 0.5) is 0 Å². The van der Waals surface area contributed by atoms with Crippen molar-refractivity contribution in [2.45, 2.75) is 122 Å². The molecule has 4 aromatic rings. The molecule has 0 saturated carbocycles. The Bertz CT molecular complexity index is 1710. The number of hydrogen-bond donors (Lipinski definition) is 1. The number of carbonyl (C=O) groups is 1. The summed E-state index contributed by atoms with van der Waals surface area (Å²) in [6, 6.07) is 43.5. The fraction of sp³-hybridized carbons (Fsp3) is 0.438. The second kappa shape index (κ2) is 21.8. The van der Waals surface area contributed by atoms with Gasteiger partial charge in [0.25, 0.3) is 8.32 Å². The summed E-state index contributed by atoms with van der Waals surface area (Å²) < 4.78 is 26.9. The van der Waals surface area contributed by atoms with Crippen molar-refractivity contribution < 1.29 is 28.2 Å². The van der Waals surface area contributed by atoms with E-state index in [4.69, 9.17) is 24.7 Å². The van der Waals surface area contributed by atoms with Gasteiger partial charge in [0.15, 0.2) is 26.3 Å². The third-order valence-electron chi connectivity index (χ3n) is 11.4. The van der Waals surface area contributed by atoms with Gasteiger partial charge in [0.05, 0.1) is 25.4 Å². The number of hydrogen-bond acceptors (Lipinski definition) is 6. The lowest BCUT2D eigenvalue weighted by Gasteiger charge is -2.44. The van der Waals surface area contributed by atoms with Crippen molar-refractivity contribution >= 4 is 32.8 Å². The molecule has 0 amide bonds. The molecule has 0 spiro atoms. The van der Waals surface area contributed by atoms with Crippen molar-refractivity contribution in [1.82, 2.24) is 0 Å². The van der Waals surface area contributed by atoms with E-state index in [0.29, 0.717) is 13.0 Å². The predicted molar refractivity (Wildman–Crippen MR) is 234 cm³/mol. The van der Waals surface area contributed by atoms with E-state index in [1.54, 1.807) is 0 Å². The van der Waals surface area contributed by atoms with Gasteiger partial charge in [-0.2, -0.15) is 0 Å². The lowest BCUT2D eigenvalue weighted by atomic mass is 9.91. The van der Waals surface area contributed by atoms with Gasteiger partial charge in [-0.3, -0.25) is 4.79 Å². The second-order valence-electron chi connectivity index (χ2n) is 15.9. The number of aliphatic hydroxyl groups excluding tert-OH is 1. The minimum absolute atomic E-state index is 0.151. The Morgan fingerprint density at radius 2 is 1.18 bits per heavy atom. The Morgan fingerprint density at radius 1 is 0.732 bits per heavy atom. The number of ether oxygens (including phenoxy) is 2. The molecule has 0 heterocycles. The minimum Gasteiger partial charge on any atom is -0.413 e. The maximum Gasteiger partial charge on any atom is 0.261 e. The molecule has 0 bridgehead atoms. The highest BCUT2D eigenvalue weighted by atomic mass is 28.4. The van der Waals surface area contributed by atoms with Crippen molar-refractivity contribution in [3.05, 3.63) is 132 Å². The number of aliphatic hydroxyl groups is 1. The fourth-order valence-electron chi connectivity index (χ4n) is 7.69. The molecule has 0 radical (unpaired) electrons. The first kappa shape index (κ1) is 45.1. The van der Waals surface area contributed by atoms with Crippen molar-refractivity contribution in [2.75, 3.05) is 6.61 Å². The van der Waals surface area contributed by atoms with Gasteiger partial charge in [-0.25, -0.2) is 0 Å². The highest BCUT2D eigenvalue weighted by molar-refractivity contribution is 6.99. The maximum atomic E-state index is 14.2. The first-order chi connectivity index (χ1) is 26.9. The van der Waals surface area contributed by atoms with Gasteiger partial charge >= 0.3 is 0 Å². The molecule has 0 aliphatic rings. The molecule has 0 unspecified atom stereocenters. The third-order valence-corrected chi connectivity index (χ3v) is 21.1. The summed E-state index contributed by atoms with van der Waals surface area (Å²) in [6.07, 6.45) is 3.08. The topological polar surface area (TPSA) is 74.2 Å². The summed E-state index contributed by atoms with van der Waals surface area (Å²) in [7, 11) is -4.94. The number of benzene rings is 4. The van der Waals surface area contributed by atoms with Gasteiger partial charge in [-0.15, -0.1) is 6.42 Å². The van der Waals surface area contributed by atoms with E-state index >= 15 is 0 Å². The van der Waals surface area contributed by atoms with Crippen LogP contribution in [0.15, 0.2) is 121 Å². The van der Waals surface area contributed by atoms with Gasteiger partial charge < -0.3 is 23.4 Å². The third kappa shape index (κ3) is 11.7. The van der Waals surface area contributed by atoms with Gasteiger partial charge in [-0.05, 0) is 51.1 Å². The Balaban J connectivity index is 1.60. The SMILES string of the molecule is C#C[C@H](OCc1ccccc1)[C@H](OCc1ccccc1)C(=O)C[C@H](O)[C@@H](C)[C@@H](CCO[Si](c1ccccc1)(c1ccccc1)C(C)(C)C)O[Si](CC)(CC)CC. The summed E-state index contributed by atoms with van der Waals surface area (Å²) in [5.74, 6) is 1.99. The largest absolute Gasteiger partial charge is 0.413 e. The van der Waals surface area contributed by atoms with Crippen LogP contribution in [0.1, 0.15) is 72.4 Å². The quantitative estimate of drug-likeness (QED) is 0.0597. The molecule has 4 rings (SSSR count). The first-order valence-electron chi connectivity index (χ1n) is 20.3. The van der Waals surface area contributed by atoms with Gasteiger partial charge in [-0.1, -0.05) is 176 Å². The Hall–Kier alpha value is -3.66. The zero-order chi connectivity index (χ0) is 40.6. The van der Waals surface area contributed by atoms with Crippen LogP contribution in [-0.2, 0) is 36.3 Å². The van der Waals surface area contributed by atoms with E-state index in [-0.39, 0.29) is 42.5 Å². The van der Waals surface area contributed by atoms with E-state index < -0.39 is 34.9 Å². The number of terminal acetylenes is 1. The van der Waals surface area contributed by atoms with Crippen LogP contribution < -0.4 is 10.4 Å². The Kier molecular flexibility index (Phi) is 17.5. The number of rotatable bonds is 23. The lowest BCUT2D eigenvalue weighted by Crippen LogP contribution is -2.66. The van der Waals surface area contributed by atoms with E-state index in [0.717, 1.165) is 29.3 Å². The molecular weight excluding hydrogens is 729 g/mol. The van der Waals surface area contributed by atoms with Crippen LogP contribution in [-0.4, -0.2) is 58.5 Å². The summed E-state index contributed by atoms with van der Waals surface area (Å²) in [6.45, 7) is 16.3. The van der Waals surface area contributed by atoms with Crippen molar-refractivity contribution in [3.8, 4) is 12.3 Å². The molecule has 0 aliphatic heterocycles. The summed E-state index contributed by atoms with van der Waals surface area (Å²) >= 11 is 0. The standard InChI is InChI=1S/C48H64O6Si2/c1-9-45(51-36-39-25-17-13-18-26-39)47(52-37-40-27-19-14-20-28-40)44(50)35-43(49)38(5)46(54-55(10-2,11-3)12-4)33-34-53-56(48(6,7)8,41-29-21-15-22-30-41)42-31-23-16-24-32-42/h1,13-32,38,43,45-47,49H,10-12,33-37H2,2-8H3/t38-,43+,45+,46-,47-/m1/s1. The Morgan fingerprint density at radius 3 is 1.61 bits per heavy atom. The second-order valence-corrected chi connectivity index (χ2v) is 24.9. The Labute approximate surface area is 339 Å². The van der Waals surface area contributed by atoms with Crippen LogP contribution in [0, 0.1) is 18.3 Å². The molecule has 4 aromatic carbocycles. The number of Topliss-reactive ketones (excluding diaryl/α,β-unsaturated/α-hetero) is 1. The van der Waals surface area contributed by atoms with E-state index in [1.165, 1.54) is 10.4 Å². The maximum absolute atomic E-state index is 14.2. The summed E-state index contributed by atoms with van der Waals surface area (Å²) in [4.78, 5) is 14.2. The predicted octanol–water partition coefficient (Wildman–Crippen LogP) is 9.10. The van der Waals surface area contributed by atoms with E-state index in [9.17, 15) is 9.90 Å². The molecule has 6 nitrogen and oxygen atoms in total. The van der Waals surface area contributed by atoms with E-state index in [2.05, 4.69) is 96.0 Å². The summed E-state index contributed by atoms with van der Waals surface area (Å²) in [5.41, 5.74) is 1.85. The molecule has 5 atom stereocenters. The molecule has 0 saturated heterocycles. The normalized spacial score (nSPS) is 15.0. The van der Waals surface area contributed by atoms with Crippen LogP contribution in [0.5, 0.6) is 0 Å². The lowest BCUT2D eigenvalue weighted by molar-refractivity contribution is -0.143. The van der Waals surface area contributed by atoms with Gasteiger partial charge in [0.2, 0.25) is 0 Å². The molecule has 0 fully saturated rings. The minimum atomic E-state index is -2.80. The van der Waals surface area contributed by atoms with E-state index in [1.807, 2.05) is 79.7 Å². The van der Waals surface area contributed by atoms with Crippen molar-refractivity contribution in [2.24, 2.45) is 5.92 Å². The monoisotopic (exact) mass is 792 g/mol. The molecule has 56 heavy (non-hydrogen) atoms. The molecule has 0 aromatic heterocycles. The van der Waals surface area contributed by atoms with Gasteiger partial charge in [0, 0.05) is 18.9 Å². The van der Waals surface area contributed by atoms with Gasteiger partial charge in [0.1, 0.15) is 0 Å².